The number of carbonyl (C=O) groups is 1. The van der Waals surface area contributed by atoms with Crippen LogP contribution in [0.15, 0.2) is 12.1 Å². The number of Topliss-reactive ketones (excluding diaryl/α,β-unsaturated/α-hetero) is 1. The number of benzene rings is 1. The van der Waals surface area contributed by atoms with E-state index in [1.807, 2.05) is 32.9 Å². The summed E-state index contributed by atoms with van der Waals surface area (Å²) in [6, 6.07) is 3.80. The molecule has 0 bridgehead atoms. The van der Waals surface area contributed by atoms with Gasteiger partial charge in [0.2, 0.25) is 0 Å². The van der Waals surface area contributed by atoms with E-state index in [0.29, 0.717) is 17.2 Å². The van der Waals surface area contributed by atoms with Gasteiger partial charge in [-0.3, -0.25) is 4.79 Å². The summed E-state index contributed by atoms with van der Waals surface area (Å²) in [4.78, 5) is 14.0. The number of halogens is 1. The van der Waals surface area contributed by atoms with Gasteiger partial charge in [-0.2, -0.15) is 0 Å². The first kappa shape index (κ1) is 13.2. The van der Waals surface area contributed by atoms with Gasteiger partial charge >= 0.3 is 0 Å². The van der Waals surface area contributed by atoms with Gasteiger partial charge in [-0.05, 0) is 32.4 Å². The van der Waals surface area contributed by atoms with Crippen molar-refractivity contribution < 1.29 is 9.53 Å². The van der Waals surface area contributed by atoms with Crippen LogP contribution in [-0.2, 0) is 4.79 Å². The fourth-order valence-corrected chi connectivity index (χ4v) is 2.55. The van der Waals surface area contributed by atoms with E-state index in [2.05, 4.69) is 4.90 Å². The monoisotopic (exact) mass is 267 g/mol. The fourth-order valence-electron chi connectivity index (χ4n) is 2.39. The Morgan fingerprint density at radius 2 is 2.06 bits per heavy atom. The largest absolute Gasteiger partial charge is 0.495 e. The van der Waals surface area contributed by atoms with Gasteiger partial charge in [-0.25, -0.2) is 0 Å². The minimum atomic E-state index is -0.479. The van der Waals surface area contributed by atoms with Gasteiger partial charge < -0.3 is 9.64 Å². The van der Waals surface area contributed by atoms with Crippen molar-refractivity contribution in [1.29, 1.82) is 0 Å². The average Bonchev–Trinajstić information content (AvgIpc) is 2.57. The summed E-state index contributed by atoms with van der Waals surface area (Å²) in [5.41, 5.74) is 1.45. The third-order valence-corrected chi connectivity index (χ3v) is 4.08. The maximum absolute atomic E-state index is 11.9. The van der Waals surface area contributed by atoms with Crippen molar-refractivity contribution >= 4 is 23.1 Å². The lowest BCUT2D eigenvalue weighted by atomic mass is 9.99. The molecule has 0 aromatic heterocycles. The highest BCUT2D eigenvalue weighted by Gasteiger charge is 2.41. The summed E-state index contributed by atoms with van der Waals surface area (Å²) in [5, 5.41) is 0.680. The Balaban J connectivity index is 2.51. The Morgan fingerprint density at radius 3 is 2.56 bits per heavy atom. The Labute approximate surface area is 113 Å². The summed E-state index contributed by atoms with van der Waals surface area (Å²) in [7, 11) is 1.62. The molecule has 2 rings (SSSR count). The van der Waals surface area contributed by atoms with Crippen molar-refractivity contribution in [1.82, 2.24) is 0 Å². The number of hydrogen-bond acceptors (Lipinski definition) is 3. The van der Waals surface area contributed by atoms with E-state index in [1.165, 1.54) is 0 Å². The lowest BCUT2D eigenvalue weighted by molar-refractivity contribution is -0.120. The first-order chi connectivity index (χ1) is 8.37. The molecule has 0 saturated carbocycles. The standard InChI is InChI=1S/C14H18ClNO2/c1-9-7-11(12(18-4)8-10(9)15)16-6-5-13(17)14(16,2)3/h7-8H,5-6H2,1-4H3. The third-order valence-electron chi connectivity index (χ3n) is 3.67. The lowest BCUT2D eigenvalue weighted by Crippen LogP contribution is -2.43. The highest BCUT2D eigenvalue weighted by Crippen LogP contribution is 2.39. The number of methoxy groups -OCH3 is 1. The second kappa shape index (κ2) is 4.47. The second-order valence-corrected chi connectivity index (χ2v) is 5.56. The second-order valence-electron chi connectivity index (χ2n) is 5.16. The van der Waals surface area contributed by atoms with Crippen molar-refractivity contribution in [3.63, 3.8) is 0 Å². The Bertz CT molecular complexity index is 497. The Hall–Kier alpha value is -1.22. The molecule has 18 heavy (non-hydrogen) atoms. The molecule has 1 aliphatic heterocycles. The van der Waals surface area contributed by atoms with E-state index in [0.717, 1.165) is 17.8 Å². The van der Waals surface area contributed by atoms with Crippen molar-refractivity contribution in [3.8, 4) is 5.75 Å². The van der Waals surface area contributed by atoms with Crippen LogP contribution in [0.25, 0.3) is 0 Å². The first-order valence-corrected chi connectivity index (χ1v) is 6.41. The lowest BCUT2D eigenvalue weighted by Gasteiger charge is -2.33. The fraction of sp³-hybridized carbons (Fsp3) is 0.500. The number of aryl methyl sites for hydroxylation is 1. The molecule has 0 aliphatic carbocycles. The van der Waals surface area contributed by atoms with E-state index in [1.54, 1.807) is 7.11 Å². The predicted octanol–water partition coefficient (Wildman–Crippen LogP) is 3.21. The van der Waals surface area contributed by atoms with Gasteiger partial charge in [0, 0.05) is 24.1 Å². The van der Waals surface area contributed by atoms with Gasteiger partial charge in [0.1, 0.15) is 5.75 Å². The maximum atomic E-state index is 11.9. The van der Waals surface area contributed by atoms with Crippen molar-refractivity contribution in [2.24, 2.45) is 0 Å². The topological polar surface area (TPSA) is 29.5 Å². The van der Waals surface area contributed by atoms with Crippen LogP contribution in [0.3, 0.4) is 0 Å². The minimum absolute atomic E-state index is 0.261. The summed E-state index contributed by atoms with van der Waals surface area (Å²) in [6.45, 7) is 6.58. The maximum Gasteiger partial charge on any atom is 0.159 e. The summed E-state index contributed by atoms with van der Waals surface area (Å²) in [6.07, 6.45) is 0.581. The smallest absolute Gasteiger partial charge is 0.159 e. The highest BCUT2D eigenvalue weighted by molar-refractivity contribution is 6.31. The van der Waals surface area contributed by atoms with Crippen LogP contribution in [0.5, 0.6) is 5.75 Å². The molecule has 0 atom stereocenters. The molecule has 1 saturated heterocycles. The molecule has 1 aliphatic rings. The molecule has 1 aromatic carbocycles. The number of rotatable bonds is 2. The molecule has 1 fully saturated rings. The quantitative estimate of drug-likeness (QED) is 0.824. The number of anilines is 1. The molecule has 0 N–H and O–H groups in total. The molecule has 1 heterocycles. The van der Waals surface area contributed by atoms with Gasteiger partial charge in [-0.15, -0.1) is 0 Å². The molecular formula is C14H18ClNO2. The zero-order chi connectivity index (χ0) is 13.5. The van der Waals surface area contributed by atoms with E-state index >= 15 is 0 Å². The Kier molecular flexibility index (Phi) is 3.28. The van der Waals surface area contributed by atoms with E-state index in [-0.39, 0.29) is 5.78 Å². The van der Waals surface area contributed by atoms with Gasteiger partial charge in [-0.1, -0.05) is 11.6 Å². The van der Waals surface area contributed by atoms with Crippen LogP contribution in [0.1, 0.15) is 25.8 Å². The first-order valence-electron chi connectivity index (χ1n) is 6.03. The van der Waals surface area contributed by atoms with Crippen LogP contribution >= 0.6 is 11.6 Å². The SMILES string of the molecule is COc1cc(Cl)c(C)cc1N1CCC(=O)C1(C)C. The normalized spacial score (nSPS) is 18.3. The number of nitrogens with zero attached hydrogens (tertiary/aromatic N) is 1. The van der Waals surface area contributed by atoms with Gasteiger partial charge in [0.25, 0.3) is 0 Å². The molecular weight excluding hydrogens is 250 g/mol. The molecule has 0 unspecified atom stereocenters. The van der Waals surface area contributed by atoms with E-state index in [9.17, 15) is 4.79 Å². The number of hydrogen-bond donors (Lipinski definition) is 0. The van der Waals surface area contributed by atoms with E-state index in [4.69, 9.17) is 16.3 Å². The number of ether oxygens (including phenoxy) is 1. The van der Waals surface area contributed by atoms with Gasteiger partial charge in [0.15, 0.2) is 5.78 Å². The minimum Gasteiger partial charge on any atom is -0.495 e. The molecule has 0 spiro atoms. The van der Waals surface area contributed by atoms with E-state index < -0.39 is 5.54 Å². The van der Waals surface area contributed by atoms with Gasteiger partial charge in [0.05, 0.1) is 18.3 Å². The summed E-state index contributed by atoms with van der Waals surface area (Å²) >= 11 is 6.11. The third kappa shape index (κ3) is 1.97. The summed E-state index contributed by atoms with van der Waals surface area (Å²) in [5.74, 6) is 0.977. The molecule has 1 aromatic rings. The van der Waals surface area contributed by atoms with Crippen LogP contribution in [0, 0.1) is 6.92 Å². The average molecular weight is 268 g/mol. The van der Waals surface area contributed by atoms with Crippen LogP contribution in [-0.4, -0.2) is 25.0 Å². The number of carbonyl (C=O) groups excluding carboxylic acids is 1. The van der Waals surface area contributed by atoms with Crippen molar-refractivity contribution in [2.75, 3.05) is 18.6 Å². The highest BCUT2D eigenvalue weighted by atomic mass is 35.5. The molecule has 4 heteroatoms. The number of ketones is 1. The van der Waals surface area contributed by atoms with Crippen LogP contribution in [0.4, 0.5) is 5.69 Å². The molecule has 0 radical (unpaired) electrons. The van der Waals surface area contributed by atoms with Crippen LogP contribution < -0.4 is 9.64 Å². The van der Waals surface area contributed by atoms with Crippen molar-refractivity contribution in [2.45, 2.75) is 32.7 Å². The molecule has 0 amide bonds. The molecule has 3 nitrogen and oxygen atoms in total. The Morgan fingerprint density at radius 1 is 1.39 bits per heavy atom. The summed E-state index contributed by atoms with van der Waals surface area (Å²) < 4.78 is 5.38. The molecule has 98 valence electrons. The predicted molar refractivity (Wildman–Crippen MR) is 73.8 cm³/mol. The zero-order valence-electron chi connectivity index (χ0n) is 11.2. The zero-order valence-corrected chi connectivity index (χ0v) is 12.0. The van der Waals surface area contributed by atoms with Crippen molar-refractivity contribution in [3.05, 3.63) is 22.7 Å². The van der Waals surface area contributed by atoms with Crippen LogP contribution in [0.2, 0.25) is 5.02 Å².